The minimum absolute atomic E-state index is 0. The van der Waals surface area contributed by atoms with Crippen molar-refractivity contribution in [3.8, 4) is 0 Å². The van der Waals surface area contributed by atoms with E-state index in [9.17, 15) is 0 Å². The number of hydrogen-bond acceptors (Lipinski definition) is 1. The van der Waals surface area contributed by atoms with Crippen molar-refractivity contribution in [2.45, 2.75) is 6.42 Å². The molecule has 0 aliphatic carbocycles. The molecule has 0 radical (unpaired) electrons. The van der Waals surface area contributed by atoms with Gasteiger partial charge in [0.05, 0.1) is 0 Å². The molecule has 0 amide bonds. The lowest BCUT2D eigenvalue weighted by molar-refractivity contribution is 0.907. The van der Waals surface area contributed by atoms with Crippen LogP contribution in [0.4, 0.5) is 5.69 Å². The quantitative estimate of drug-likeness (QED) is 0.673. The first kappa shape index (κ1) is 10.3. The van der Waals surface area contributed by atoms with Crippen LogP contribution in [0.5, 0.6) is 0 Å². The summed E-state index contributed by atoms with van der Waals surface area (Å²) in [5, 5.41) is 0. The Hall–Kier alpha value is -0.760. The van der Waals surface area contributed by atoms with Gasteiger partial charge >= 0.3 is 0 Å². The normalized spacial score (nSPS) is 14.4. The maximum Gasteiger partial charge on any atom is 0.0437 e. The number of rotatable bonds is 0. The van der Waals surface area contributed by atoms with Crippen LogP contribution in [0.2, 0.25) is 0 Å². The fourth-order valence-corrected chi connectivity index (χ4v) is 1.58. The van der Waals surface area contributed by atoms with Gasteiger partial charge in [0.15, 0.2) is 0 Å². The van der Waals surface area contributed by atoms with Crippen molar-refractivity contribution < 1.29 is 0 Å². The SMILES string of the molecule is Br.CN1CCC=Cc2ccccc21. The van der Waals surface area contributed by atoms with E-state index >= 15 is 0 Å². The van der Waals surface area contributed by atoms with Crippen LogP contribution in [0.1, 0.15) is 12.0 Å². The molecule has 0 bridgehead atoms. The van der Waals surface area contributed by atoms with Crippen molar-refractivity contribution >= 4 is 28.7 Å². The molecule has 0 saturated carbocycles. The summed E-state index contributed by atoms with van der Waals surface area (Å²) in [5.74, 6) is 0. The first-order valence-corrected chi connectivity index (χ1v) is 4.34. The summed E-state index contributed by atoms with van der Waals surface area (Å²) in [6, 6.07) is 8.51. The van der Waals surface area contributed by atoms with Crippen molar-refractivity contribution in [3.63, 3.8) is 0 Å². The summed E-state index contributed by atoms with van der Waals surface area (Å²) in [6.45, 7) is 1.12. The lowest BCUT2D eigenvalue weighted by Gasteiger charge is -2.18. The molecule has 0 aromatic heterocycles. The minimum Gasteiger partial charge on any atom is -0.374 e. The highest BCUT2D eigenvalue weighted by atomic mass is 79.9. The van der Waals surface area contributed by atoms with Crippen molar-refractivity contribution in [2.24, 2.45) is 0 Å². The van der Waals surface area contributed by atoms with Gasteiger partial charge in [-0.15, -0.1) is 17.0 Å². The minimum atomic E-state index is 0. The van der Waals surface area contributed by atoms with Crippen LogP contribution in [-0.4, -0.2) is 13.6 Å². The monoisotopic (exact) mass is 239 g/mol. The third kappa shape index (κ3) is 2.13. The second-order valence-electron chi connectivity index (χ2n) is 3.17. The fourth-order valence-electron chi connectivity index (χ4n) is 1.58. The summed E-state index contributed by atoms with van der Waals surface area (Å²) in [7, 11) is 2.14. The summed E-state index contributed by atoms with van der Waals surface area (Å²) in [6.07, 6.45) is 5.59. The van der Waals surface area contributed by atoms with E-state index in [2.05, 4.69) is 48.4 Å². The molecule has 2 heteroatoms. The standard InChI is InChI=1S/C11H13N.BrH/c1-12-9-5-4-7-10-6-2-3-8-11(10)12;/h2-4,6-8H,5,9H2,1H3;1H. The predicted octanol–water partition coefficient (Wildman–Crippen LogP) is 3.12. The Morgan fingerprint density at radius 2 is 2.00 bits per heavy atom. The summed E-state index contributed by atoms with van der Waals surface area (Å²) in [5.41, 5.74) is 2.67. The van der Waals surface area contributed by atoms with E-state index in [1.807, 2.05) is 0 Å². The molecular weight excluding hydrogens is 226 g/mol. The summed E-state index contributed by atoms with van der Waals surface area (Å²) >= 11 is 0. The van der Waals surface area contributed by atoms with E-state index in [-0.39, 0.29) is 17.0 Å². The lowest BCUT2D eigenvalue weighted by Crippen LogP contribution is -2.17. The van der Waals surface area contributed by atoms with Gasteiger partial charge in [0, 0.05) is 19.3 Å². The smallest absolute Gasteiger partial charge is 0.0437 e. The molecule has 0 atom stereocenters. The molecule has 1 aliphatic rings. The van der Waals surface area contributed by atoms with E-state index in [0.29, 0.717) is 0 Å². The molecular formula is C11H14BrN. The largest absolute Gasteiger partial charge is 0.374 e. The molecule has 0 unspecified atom stereocenters. The van der Waals surface area contributed by atoms with Gasteiger partial charge in [-0.3, -0.25) is 0 Å². The fraction of sp³-hybridized carbons (Fsp3) is 0.273. The molecule has 2 rings (SSSR count). The van der Waals surface area contributed by atoms with E-state index in [4.69, 9.17) is 0 Å². The Balaban J connectivity index is 0.000000845. The van der Waals surface area contributed by atoms with Crippen LogP contribution in [0.15, 0.2) is 30.3 Å². The molecule has 1 heterocycles. The zero-order chi connectivity index (χ0) is 8.39. The molecule has 1 nitrogen and oxygen atoms in total. The zero-order valence-electron chi connectivity index (χ0n) is 7.73. The van der Waals surface area contributed by atoms with Gasteiger partial charge in [-0.1, -0.05) is 30.4 Å². The van der Waals surface area contributed by atoms with Gasteiger partial charge in [0.2, 0.25) is 0 Å². The molecule has 13 heavy (non-hydrogen) atoms. The zero-order valence-corrected chi connectivity index (χ0v) is 9.45. The first-order chi connectivity index (χ1) is 5.88. The maximum atomic E-state index is 2.30. The Kier molecular flexibility index (Phi) is 3.55. The van der Waals surface area contributed by atoms with Crippen LogP contribution < -0.4 is 4.90 Å². The molecule has 0 spiro atoms. The molecule has 1 aromatic rings. The second kappa shape index (κ2) is 4.47. The van der Waals surface area contributed by atoms with Gasteiger partial charge in [-0.25, -0.2) is 0 Å². The molecule has 0 saturated heterocycles. The van der Waals surface area contributed by atoms with Crippen LogP contribution in [-0.2, 0) is 0 Å². The average molecular weight is 240 g/mol. The maximum absolute atomic E-state index is 2.30. The van der Waals surface area contributed by atoms with Crippen LogP contribution in [0, 0.1) is 0 Å². The number of nitrogens with zero attached hydrogens (tertiary/aromatic N) is 1. The van der Waals surface area contributed by atoms with Gasteiger partial charge < -0.3 is 4.90 Å². The Morgan fingerprint density at radius 3 is 2.85 bits per heavy atom. The second-order valence-corrected chi connectivity index (χ2v) is 3.17. The molecule has 0 N–H and O–H groups in total. The van der Waals surface area contributed by atoms with E-state index in [0.717, 1.165) is 13.0 Å². The number of para-hydroxylation sites is 1. The third-order valence-corrected chi connectivity index (χ3v) is 2.28. The van der Waals surface area contributed by atoms with Crippen LogP contribution in [0.25, 0.3) is 6.08 Å². The number of benzene rings is 1. The van der Waals surface area contributed by atoms with Gasteiger partial charge in [0.25, 0.3) is 0 Å². The number of fused-ring (bicyclic) bond motifs is 1. The topological polar surface area (TPSA) is 3.24 Å². The predicted molar refractivity (Wildman–Crippen MR) is 63.7 cm³/mol. The Labute approximate surface area is 89.8 Å². The van der Waals surface area contributed by atoms with Crippen molar-refractivity contribution in [1.82, 2.24) is 0 Å². The van der Waals surface area contributed by atoms with E-state index in [1.165, 1.54) is 11.3 Å². The van der Waals surface area contributed by atoms with E-state index < -0.39 is 0 Å². The Bertz CT molecular complexity index is 307. The first-order valence-electron chi connectivity index (χ1n) is 4.34. The highest BCUT2D eigenvalue weighted by Crippen LogP contribution is 2.23. The van der Waals surface area contributed by atoms with Crippen LogP contribution in [0.3, 0.4) is 0 Å². The lowest BCUT2D eigenvalue weighted by atomic mass is 10.1. The summed E-state index contributed by atoms with van der Waals surface area (Å²) in [4.78, 5) is 2.30. The van der Waals surface area contributed by atoms with Crippen molar-refractivity contribution in [3.05, 3.63) is 35.9 Å². The van der Waals surface area contributed by atoms with Crippen molar-refractivity contribution in [1.29, 1.82) is 0 Å². The number of anilines is 1. The highest BCUT2D eigenvalue weighted by Gasteiger charge is 2.05. The third-order valence-electron chi connectivity index (χ3n) is 2.28. The van der Waals surface area contributed by atoms with E-state index in [1.54, 1.807) is 0 Å². The Morgan fingerprint density at radius 1 is 1.23 bits per heavy atom. The molecule has 1 aromatic carbocycles. The van der Waals surface area contributed by atoms with Gasteiger partial charge in [0.1, 0.15) is 0 Å². The van der Waals surface area contributed by atoms with Gasteiger partial charge in [-0.2, -0.15) is 0 Å². The molecule has 0 fully saturated rings. The number of hydrogen-bond donors (Lipinski definition) is 0. The molecule has 70 valence electrons. The summed E-state index contributed by atoms with van der Waals surface area (Å²) < 4.78 is 0. The van der Waals surface area contributed by atoms with Crippen molar-refractivity contribution in [2.75, 3.05) is 18.5 Å². The average Bonchev–Trinajstić information content (AvgIpc) is 2.29. The van der Waals surface area contributed by atoms with Crippen LogP contribution >= 0.6 is 17.0 Å². The highest BCUT2D eigenvalue weighted by molar-refractivity contribution is 8.93. The number of halogens is 1. The molecule has 1 aliphatic heterocycles. The van der Waals surface area contributed by atoms with Gasteiger partial charge in [-0.05, 0) is 18.1 Å².